The maximum absolute atomic E-state index is 12.2. The highest BCUT2D eigenvalue weighted by Crippen LogP contribution is 2.28. The predicted molar refractivity (Wildman–Crippen MR) is 96.2 cm³/mol. The monoisotopic (exact) mass is 377 g/mol. The first kappa shape index (κ1) is 18.6. The first-order valence-corrected chi connectivity index (χ1v) is 8.39. The Morgan fingerprint density at radius 1 is 1.39 bits per heavy atom. The smallest absolute Gasteiger partial charge is 0.275 e. The van der Waals surface area contributed by atoms with E-state index in [4.69, 9.17) is 0 Å². The highest BCUT2D eigenvalue weighted by Gasteiger charge is 2.37. The summed E-state index contributed by atoms with van der Waals surface area (Å²) in [6.07, 6.45) is 2.09. The van der Waals surface area contributed by atoms with Crippen LogP contribution in [0.1, 0.15) is 24.0 Å². The van der Waals surface area contributed by atoms with Gasteiger partial charge in [0.05, 0.1) is 5.69 Å². The minimum Gasteiger partial charge on any atom is -0.315 e. The lowest BCUT2D eigenvalue weighted by Gasteiger charge is -2.22. The topological polar surface area (TPSA) is 62.5 Å². The van der Waals surface area contributed by atoms with Gasteiger partial charge in [-0.25, -0.2) is 4.98 Å². The summed E-state index contributed by atoms with van der Waals surface area (Å²) < 4.78 is 1.43. The van der Waals surface area contributed by atoms with Gasteiger partial charge in [-0.1, -0.05) is 18.3 Å². The van der Waals surface area contributed by atoms with Crippen LogP contribution in [0.25, 0.3) is 4.96 Å². The van der Waals surface area contributed by atoms with E-state index in [2.05, 4.69) is 20.3 Å². The minimum atomic E-state index is -0.0637. The van der Waals surface area contributed by atoms with Crippen LogP contribution in [0.2, 0.25) is 0 Å². The number of halogens is 2. The number of aromatic nitrogens is 3. The SMILES string of the molecule is CCc1nn2c(=O)cc(CN3CC[C@H]4CNC[C@H]43)nc2s1.Cl.Cl. The fourth-order valence-electron chi connectivity index (χ4n) is 3.46. The number of aryl methyl sites for hydroxylation is 1. The molecule has 1 N–H and O–H groups in total. The van der Waals surface area contributed by atoms with Gasteiger partial charge in [0.25, 0.3) is 5.56 Å². The van der Waals surface area contributed by atoms with Crippen LogP contribution in [0.15, 0.2) is 10.9 Å². The van der Waals surface area contributed by atoms with Crippen LogP contribution in [0.3, 0.4) is 0 Å². The number of hydrogen-bond acceptors (Lipinski definition) is 6. The van der Waals surface area contributed by atoms with E-state index in [1.165, 1.54) is 22.3 Å². The minimum absolute atomic E-state index is 0. The van der Waals surface area contributed by atoms with Crippen molar-refractivity contribution in [2.45, 2.75) is 32.4 Å². The summed E-state index contributed by atoms with van der Waals surface area (Å²) in [6, 6.07) is 2.25. The summed E-state index contributed by atoms with van der Waals surface area (Å²) in [6.45, 7) is 6.12. The molecule has 0 unspecified atom stereocenters. The van der Waals surface area contributed by atoms with Crippen molar-refractivity contribution in [3.05, 3.63) is 27.1 Å². The van der Waals surface area contributed by atoms with Crippen LogP contribution < -0.4 is 10.9 Å². The second-order valence-electron chi connectivity index (χ2n) is 5.87. The van der Waals surface area contributed by atoms with Crippen molar-refractivity contribution >= 4 is 41.1 Å². The second kappa shape index (κ2) is 7.44. The number of nitrogens with zero attached hydrogens (tertiary/aromatic N) is 4. The Labute approximate surface area is 151 Å². The first-order chi connectivity index (χ1) is 10.2. The number of rotatable bonds is 3. The Bertz CT molecular complexity index is 734. The van der Waals surface area contributed by atoms with E-state index in [1.54, 1.807) is 6.07 Å². The highest BCUT2D eigenvalue weighted by molar-refractivity contribution is 7.16. The summed E-state index contributed by atoms with van der Waals surface area (Å²) in [4.78, 5) is 20.0. The standard InChI is InChI=1S/C14H19N5OS.2ClH/c1-2-12-17-19-13(20)5-10(16-14(19)21-12)8-18-4-3-9-6-15-7-11(9)18;;/h5,9,11,15H,2-4,6-8H2,1H3;2*1H/t9-,11+;;/m0../s1. The Morgan fingerprint density at radius 3 is 3.00 bits per heavy atom. The predicted octanol–water partition coefficient (Wildman–Crippen LogP) is 1.35. The van der Waals surface area contributed by atoms with Crippen molar-refractivity contribution in [3.63, 3.8) is 0 Å². The average molecular weight is 378 g/mol. The normalized spacial score (nSPS) is 23.5. The fraction of sp³-hybridized carbons (Fsp3) is 0.643. The molecular weight excluding hydrogens is 357 g/mol. The van der Waals surface area contributed by atoms with E-state index in [0.29, 0.717) is 6.04 Å². The molecule has 4 rings (SSSR count). The van der Waals surface area contributed by atoms with Gasteiger partial charge in [0.15, 0.2) is 0 Å². The zero-order valence-corrected chi connectivity index (χ0v) is 15.3. The molecule has 23 heavy (non-hydrogen) atoms. The van der Waals surface area contributed by atoms with Crippen LogP contribution in [-0.4, -0.2) is 45.2 Å². The molecule has 2 atom stereocenters. The van der Waals surface area contributed by atoms with Crippen molar-refractivity contribution in [1.29, 1.82) is 0 Å². The lowest BCUT2D eigenvalue weighted by molar-refractivity contribution is 0.241. The third-order valence-corrected chi connectivity index (χ3v) is 5.62. The molecule has 2 aromatic rings. The quantitative estimate of drug-likeness (QED) is 0.874. The van der Waals surface area contributed by atoms with Gasteiger partial charge in [0.2, 0.25) is 4.96 Å². The van der Waals surface area contributed by atoms with Crippen LogP contribution in [0.4, 0.5) is 0 Å². The van der Waals surface area contributed by atoms with Crippen molar-refractivity contribution < 1.29 is 0 Å². The summed E-state index contributed by atoms with van der Waals surface area (Å²) >= 11 is 1.51. The van der Waals surface area contributed by atoms with Gasteiger partial charge in [0, 0.05) is 25.2 Å². The third kappa shape index (κ3) is 3.39. The van der Waals surface area contributed by atoms with Gasteiger partial charge >= 0.3 is 0 Å². The average Bonchev–Trinajstić information content (AvgIpc) is 3.15. The van der Waals surface area contributed by atoms with E-state index in [-0.39, 0.29) is 30.4 Å². The summed E-state index contributed by atoms with van der Waals surface area (Å²) in [5, 5.41) is 8.71. The largest absolute Gasteiger partial charge is 0.315 e. The molecule has 0 aromatic carbocycles. The van der Waals surface area contributed by atoms with Crippen molar-refractivity contribution in [3.8, 4) is 0 Å². The molecule has 2 fully saturated rings. The number of fused-ring (bicyclic) bond motifs is 2. The van der Waals surface area contributed by atoms with E-state index < -0.39 is 0 Å². The van der Waals surface area contributed by atoms with Crippen LogP contribution in [0, 0.1) is 5.92 Å². The van der Waals surface area contributed by atoms with Crippen LogP contribution in [0.5, 0.6) is 0 Å². The third-order valence-electron chi connectivity index (χ3n) is 4.57. The maximum atomic E-state index is 12.2. The van der Waals surface area contributed by atoms with Crippen LogP contribution >= 0.6 is 36.2 Å². The Hall–Kier alpha value is -0.730. The van der Waals surface area contributed by atoms with Gasteiger partial charge in [0.1, 0.15) is 5.01 Å². The molecule has 6 nitrogen and oxygen atoms in total. The molecule has 2 aromatic heterocycles. The van der Waals surface area contributed by atoms with Gasteiger partial charge < -0.3 is 5.32 Å². The Balaban J connectivity index is 0.000000960. The molecule has 4 heterocycles. The van der Waals surface area contributed by atoms with Crippen LogP contribution in [-0.2, 0) is 13.0 Å². The van der Waals surface area contributed by atoms with Crippen molar-refractivity contribution in [2.75, 3.05) is 19.6 Å². The van der Waals surface area contributed by atoms with E-state index in [9.17, 15) is 4.79 Å². The van der Waals surface area contributed by atoms with Gasteiger partial charge in [-0.2, -0.15) is 9.61 Å². The molecule has 0 bridgehead atoms. The molecule has 0 aliphatic carbocycles. The zero-order chi connectivity index (χ0) is 14.4. The Morgan fingerprint density at radius 2 is 2.22 bits per heavy atom. The first-order valence-electron chi connectivity index (χ1n) is 7.58. The zero-order valence-electron chi connectivity index (χ0n) is 12.9. The molecule has 0 radical (unpaired) electrons. The molecule has 2 aliphatic rings. The number of nitrogens with one attached hydrogen (secondary N) is 1. The van der Waals surface area contributed by atoms with Gasteiger partial charge in [-0.15, -0.1) is 24.8 Å². The van der Waals surface area contributed by atoms with E-state index >= 15 is 0 Å². The number of hydrogen-bond donors (Lipinski definition) is 1. The molecule has 2 aliphatic heterocycles. The van der Waals surface area contributed by atoms with Crippen molar-refractivity contribution in [1.82, 2.24) is 24.8 Å². The number of likely N-dealkylation sites (tertiary alicyclic amines) is 1. The molecule has 0 amide bonds. The van der Waals surface area contributed by atoms with Crippen molar-refractivity contribution in [2.24, 2.45) is 5.92 Å². The second-order valence-corrected chi connectivity index (χ2v) is 6.91. The molecule has 9 heteroatoms. The molecule has 0 spiro atoms. The highest BCUT2D eigenvalue weighted by atomic mass is 35.5. The maximum Gasteiger partial charge on any atom is 0.275 e. The lowest BCUT2D eigenvalue weighted by atomic mass is 10.1. The molecule has 128 valence electrons. The molecule has 0 saturated carbocycles. The fourth-order valence-corrected chi connectivity index (χ4v) is 4.32. The van der Waals surface area contributed by atoms with E-state index in [0.717, 1.165) is 54.2 Å². The van der Waals surface area contributed by atoms with Gasteiger partial charge in [-0.05, 0) is 31.8 Å². The molecule has 2 saturated heterocycles. The summed E-state index contributed by atoms with van der Waals surface area (Å²) in [5.74, 6) is 0.768. The summed E-state index contributed by atoms with van der Waals surface area (Å²) in [5.41, 5.74) is 0.810. The van der Waals surface area contributed by atoms with Gasteiger partial charge in [-0.3, -0.25) is 9.69 Å². The lowest BCUT2D eigenvalue weighted by Crippen LogP contribution is -2.34. The summed E-state index contributed by atoms with van der Waals surface area (Å²) in [7, 11) is 0. The molecular formula is C14H21Cl2N5OS. The van der Waals surface area contributed by atoms with E-state index in [1.807, 2.05) is 6.92 Å². The Kier molecular flexibility index (Phi) is 6.02.